The van der Waals surface area contributed by atoms with Crippen LogP contribution in [0, 0.1) is 5.92 Å². The Bertz CT molecular complexity index is 298. The van der Waals surface area contributed by atoms with E-state index in [1.807, 2.05) is 12.1 Å². The molecule has 0 aliphatic heterocycles. The third-order valence-electron chi connectivity index (χ3n) is 2.50. The molecule has 0 fully saturated rings. The molecule has 3 heteroatoms. The van der Waals surface area contributed by atoms with Gasteiger partial charge in [-0.05, 0) is 24.1 Å². The second-order valence-electron chi connectivity index (χ2n) is 3.72. The molecule has 1 unspecified atom stereocenters. The molecular formula is C12H18N2O. The molecule has 1 atom stereocenters. The number of nitrogens with two attached hydrogens (primary N) is 1. The number of hydrogen-bond acceptors (Lipinski definition) is 3. The number of carbonyl (C=O) groups excluding carboxylic acids is 1. The summed E-state index contributed by atoms with van der Waals surface area (Å²) in [5, 5.41) is 0. The van der Waals surface area contributed by atoms with Crippen molar-refractivity contribution in [1.29, 1.82) is 0 Å². The first-order chi connectivity index (χ1) is 7.27. The Morgan fingerprint density at radius 3 is 2.67 bits per heavy atom. The maximum absolute atomic E-state index is 11.8. The van der Waals surface area contributed by atoms with E-state index >= 15 is 0 Å². The minimum Gasteiger partial charge on any atom is -0.330 e. The lowest BCUT2D eigenvalue weighted by Gasteiger charge is -2.11. The number of aromatic nitrogens is 1. The van der Waals surface area contributed by atoms with Crippen LogP contribution >= 0.6 is 0 Å². The van der Waals surface area contributed by atoms with Crippen molar-refractivity contribution in [2.24, 2.45) is 11.7 Å². The fourth-order valence-corrected chi connectivity index (χ4v) is 1.60. The van der Waals surface area contributed by atoms with Gasteiger partial charge in [0.1, 0.15) is 5.78 Å². The van der Waals surface area contributed by atoms with Crippen LogP contribution in [0.4, 0.5) is 0 Å². The van der Waals surface area contributed by atoms with Gasteiger partial charge in [-0.15, -0.1) is 0 Å². The van der Waals surface area contributed by atoms with Crippen molar-refractivity contribution in [2.45, 2.75) is 26.2 Å². The first-order valence-electron chi connectivity index (χ1n) is 5.39. The summed E-state index contributed by atoms with van der Waals surface area (Å²) in [5.41, 5.74) is 6.60. The number of ketones is 1. The van der Waals surface area contributed by atoms with Crippen molar-refractivity contribution in [1.82, 2.24) is 4.98 Å². The lowest BCUT2D eigenvalue weighted by molar-refractivity contribution is -0.122. The Morgan fingerprint density at radius 2 is 2.13 bits per heavy atom. The Hall–Kier alpha value is -1.22. The average Bonchev–Trinajstić information content (AvgIpc) is 2.27. The van der Waals surface area contributed by atoms with E-state index in [1.54, 1.807) is 12.4 Å². The predicted octanol–water partition coefficient (Wildman–Crippen LogP) is 1.57. The Kier molecular flexibility index (Phi) is 4.98. The molecule has 1 rings (SSSR count). The van der Waals surface area contributed by atoms with E-state index in [2.05, 4.69) is 11.9 Å². The maximum atomic E-state index is 11.8. The number of Topliss-reactive ketones (excluding diaryl/α,β-unsaturated/α-hetero) is 1. The number of pyridine rings is 1. The van der Waals surface area contributed by atoms with Crippen LogP contribution in [0.5, 0.6) is 0 Å². The summed E-state index contributed by atoms with van der Waals surface area (Å²) in [6.07, 6.45) is 5.79. The first kappa shape index (κ1) is 11.9. The smallest absolute Gasteiger partial charge is 0.141 e. The number of rotatable bonds is 6. The summed E-state index contributed by atoms with van der Waals surface area (Å²) in [6, 6.07) is 3.74. The average molecular weight is 206 g/mol. The Balaban J connectivity index is 2.54. The molecule has 0 aromatic carbocycles. The lowest BCUT2D eigenvalue weighted by atomic mass is 9.94. The van der Waals surface area contributed by atoms with Crippen molar-refractivity contribution in [3.63, 3.8) is 0 Å². The molecule has 1 aromatic heterocycles. The van der Waals surface area contributed by atoms with Crippen molar-refractivity contribution < 1.29 is 4.79 Å². The summed E-state index contributed by atoms with van der Waals surface area (Å²) in [4.78, 5) is 15.8. The molecule has 82 valence electrons. The topological polar surface area (TPSA) is 56.0 Å². The zero-order chi connectivity index (χ0) is 11.1. The van der Waals surface area contributed by atoms with Gasteiger partial charge >= 0.3 is 0 Å². The van der Waals surface area contributed by atoms with Crippen molar-refractivity contribution in [3.05, 3.63) is 30.1 Å². The van der Waals surface area contributed by atoms with E-state index in [0.717, 1.165) is 18.4 Å². The monoisotopic (exact) mass is 206 g/mol. The zero-order valence-corrected chi connectivity index (χ0v) is 9.15. The van der Waals surface area contributed by atoms with Crippen molar-refractivity contribution in [2.75, 3.05) is 6.54 Å². The minimum atomic E-state index is 0.0168. The largest absolute Gasteiger partial charge is 0.330 e. The second kappa shape index (κ2) is 6.30. The van der Waals surface area contributed by atoms with E-state index in [-0.39, 0.29) is 11.7 Å². The van der Waals surface area contributed by atoms with Crippen molar-refractivity contribution >= 4 is 5.78 Å². The molecule has 15 heavy (non-hydrogen) atoms. The van der Waals surface area contributed by atoms with Gasteiger partial charge in [-0.2, -0.15) is 0 Å². The second-order valence-corrected chi connectivity index (χ2v) is 3.72. The first-order valence-corrected chi connectivity index (χ1v) is 5.39. The van der Waals surface area contributed by atoms with Crippen LogP contribution in [0.3, 0.4) is 0 Å². The summed E-state index contributed by atoms with van der Waals surface area (Å²) < 4.78 is 0. The van der Waals surface area contributed by atoms with E-state index < -0.39 is 0 Å². The lowest BCUT2D eigenvalue weighted by Crippen LogP contribution is -2.25. The quantitative estimate of drug-likeness (QED) is 0.768. The molecule has 1 aromatic rings. The zero-order valence-electron chi connectivity index (χ0n) is 9.15. The molecule has 0 aliphatic rings. The highest BCUT2D eigenvalue weighted by molar-refractivity contribution is 5.83. The van der Waals surface area contributed by atoms with Crippen LogP contribution in [-0.4, -0.2) is 17.3 Å². The van der Waals surface area contributed by atoms with Crippen LogP contribution < -0.4 is 5.73 Å². The van der Waals surface area contributed by atoms with E-state index in [4.69, 9.17) is 5.73 Å². The van der Waals surface area contributed by atoms with Gasteiger partial charge in [0.25, 0.3) is 0 Å². The van der Waals surface area contributed by atoms with Crippen molar-refractivity contribution in [3.8, 4) is 0 Å². The molecule has 0 saturated carbocycles. The van der Waals surface area contributed by atoms with Gasteiger partial charge in [0.15, 0.2) is 0 Å². The summed E-state index contributed by atoms with van der Waals surface area (Å²) in [6.45, 7) is 2.53. The molecule has 0 aliphatic carbocycles. The van der Waals surface area contributed by atoms with Crippen LogP contribution in [0.2, 0.25) is 0 Å². The normalized spacial score (nSPS) is 12.4. The molecule has 0 saturated heterocycles. The highest BCUT2D eigenvalue weighted by atomic mass is 16.1. The molecule has 0 amide bonds. The fourth-order valence-electron chi connectivity index (χ4n) is 1.60. The maximum Gasteiger partial charge on any atom is 0.141 e. The standard InChI is InChI=1S/C12H18N2O/c1-2-3-11(9-13)12(15)8-10-4-6-14-7-5-10/h4-7,11H,2-3,8-9,13H2,1H3. The van der Waals surface area contributed by atoms with E-state index in [0.29, 0.717) is 13.0 Å². The van der Waals surface area contributed by atoms with Crippen LogP contribution in [-0.2, 0) is 11.2 Å². The highest BCUT2D eigenvalue weighted by Crippen LogP contribution is 2.10. The van der Waals surface area contributed by atoms with Crippen LogP contribution in [0.1, 0.15) is 25.3 Å². The van der Waals surface area contributed by atoms with Crippen LogP contribution in [0.25, 0.3) is 0 Å². The Labute approximate surface area is 90.7 Å². The van der Waals surface area contributed by atoms with E-state index in [9.17, 15) is 4.79 Å². The molecule has 0 radical (unpaired) electrons. The summed E-state index contributed by atoms with van der Waals surface area (Å²) in [5.74, 6) is 0.258. The van der Waals surface area contributed by atoms with E-state index in [1.165, 1.54) is 0 Å². The summed E-state index contributed by atoms with van der Waals surface area (Å²) >= 11 is 0. The number of hydrogen-bond donors (Lipinski definition) is 1. The molecule has 0 bridgehead atoms. The molecule has 3 nitrogen and oxygen atoms in total. The molecule has 0 spiro atoms. The van der Waals surface area contributed by atoms with Gasteiger partial charge in [-0.3, -0.25) is 9.78 Å². The number of nitrogens with zero attached hydrogens (tertiary/aromatic N) is 1. The van der Waals surface area contributed by atoms with Gasteiger partial charge in [-0.25, -0.2) is 0 Å². The van der Waals surface area contributed by atoms with Gasteiger partial charge < -0.3 is 5.73 Å². The minimum absolute atomic E-state index is 0.0168. The molecule has 2 N–H and O–H groups in total. The fraction of sp³-hybridized carbons (Fsp3) is 0.500. The van der Waals surface area contributed by atoms with Gasteiger partial charge in [-0.1, -0.05) is 13.3 Å². The van der Waals surface area contributed by atoms with Gasteiger partial charge in [0.05, 0.1) is 0 Å². The third kappa shape index (κ3) is 3.80. The SMILES string of the molecule is CCCC(CN)C(=O)Cc1ccncc1. The van der Waals surface area contributed by atoms with Gasteiger partial charge in [0.2, 0.25) is 0 Å². The van der Waals surface area contributed by atoms with Gasteiger partial charge in [0, 0.05) is 31.3 Å². The summed E-state index contributed by atoms with van der Waals surface area (Å²) in [7, 11) is 0. The molecule has 1 heterocycles. The highest BCUT2D eigenvalue weighted by Gasteiger charge is 2.15. The van der Waals surface area contributed by atoms with Crippen LogP contribution in [0.15, 0.2) is 24.5 Å². The Morgan fingerprint density at radius 1 is 1.47 bits per heavy atom. The number of carbonyl (C=O) groups is 1. The predicted molar refractivity (Wildman–Crippen MR) is 60.4 cm³/mol. The third-order valence-corrected chi connectivity index (χ3v) is 2.50. The molecular weight excluding hydrogens is 188 g/mol.